The molecule has 0 fully saturated rings. The molecule has 0 radical (unpaired) electrons. The van der Waals surface area contributed by atoms with Gasteiger partial charge in [-0.25, -0.2) is 4.98 Å². The maximum Gasteiger partial charge on any atom is 0.251 e. The van der Waals surface area contributed by atoms with Crippen molar-refractivity contribution in [2.45, 2.75) is 13.5 Å². The summed E-state index contributed by atoms with van der Waals surface area (Å²) in [6, 6.07) is 3.47. The van der Waals surface area contributed by atoms with Gasteiger partial charge in [-0.1, -0.05) is 11.6 Å². The molecule has 0 unspecified atom stereocenters. The van der Waals surface area contributed by atoms with Crippen LogP contribution >= 0.6 is 11.6 Å². The first kappa shape index (κ1) is 10.8. The van der Waals surface area contributed by atoms with Crippen LogP contribution in [0.5, 0.6) is 0 Å². The standard InChI is InChI=1S/C11H10ClN3O/c1-8-2-3-15(11(16)4-8)7-9-5-14-10(12)6-13-9/h2-6H,7H2,1H3. The van der Waals surface area contributed by atoms with Gasteiger partial charge >= 0.3 is 0 Å². The summed E-state index contributed by atoms with van der Waals surface area (Å²) < 4.78 is 1.57. The number of hydrogen-bond acceptors (Lipinski definition) is 3. The highest BCUT2D eigenvalue weighted by molar-refractivity contribution is 6.29. The lowest BCUT2D eigenvalue weighted by atomic mass is 10.3. The largest absolute Gasteiger partial charge is 0.309 e. The molecule has 0 saturated carbocycles. The predicted octanol–water partition coefficient (Wildman–Crippen LogP) is 1.65. The quantitative estimate of drug-likeness (QED) is 0.795. The molecule has 0 saturated heterocycles. The van der Waals surface area contributed by atoms with Gasteiger partial charge in [0.1, 0.15) is 5.15 Å². The van der Waals surface area contributed by atoms with Crippen molar-refractivity contribution in [3.8, 4) is 0 Å². The minimum Gasteiger partial charge on any atom is -0.309 e. The van der Waals surface area contributed by atoms with Gasteiger partial charge in [-0.3, -0.25) is 9.78 Å². The van der Waals surface area contributed by atoms with Gasteiger partial charge in [0.2, 0.25) is 0 Å². The first-order valence-corrected chi connectivity index (χ1v) is 5.16. The van der Waals surface area contributed by atoms with Crippen LogP contribution in [0.25, 0.3) is 0 Å². The molecule has 2 aromatic rings. The molecule has 0 spiro atoms. The molecule has 0 bridgehead atoms. The number of nitrogens with zero attached hydrogens (tertiary/aromatic N) is 3. The molecule has 0 atom stereocenters. The fourth-order valence-electron chi connectivity index (χ4n) is 1.33. The lowest BCUT2D eigenvalue weighted by Gasteiger charge is -2.04. The maximum absolute atomic E-state index is 11.6. The van der Waals surface area contributed by atoms with Crippen molar-refractivity contribution in [2.75, 3.05) is 0 Å². The normalized spacial score (nSPS) is 10.4. The van der Waals surface area contributed by atoms with Gasteiger partial charge in [0, 0.05) is 12.3 Å². The lowest BCUT2D eigenvalue weighted by Crippen LogP contribution is -2.19. The van der Waals surface area contributed by atoms with E-state index in [1.807, 2.05) is 13.0 Å². The average Bonchev–Trinajstić information content (AvgIpc) is 2.25. The van der Waals surface area contributed by atoms with Crippen LogP contribution in [0.4, 0.5) is 0 Å². The zero-order valence-electron chi connectivity index (χ0n) is 8.72. The SMILES string of the molecule is Cc1ccn(Cc2cnc(Cl)cn2)c(=O)c1. The predicted molar refractivity (Wildman–Crippen MR) is 61.6 cm³/mol. The molecule has 2 heterocycles. The Labute approximate surface area is 97.6 Å². The number of aryl methyl sites for hydroxylation is 1. The molecule has 2 rings (SSSR count). The van der Waals surface area contributed by atoms with E-state index in [-0.39, 0.29) is 5.56 Å². The monoisotopic (exact) mass is 235 g/mol. The number of pyridine rings is 1. The Hall–Kier alpha value is -1.68. The topological polar surface area (TPSA) is 47.8 Å². The number of hydrogen-bond donors (Lipinski definition) is 0. The minimum atomic E-state index is -0.0447. The van der Waals surface area contributed by atoms with Crippen LogP contribution in [-0.4, -0.2) is 14.5 Å². The molecule has 2 aromatic heterocycles. The van der Waals surface area contributed by atoms with Crippen molar-refractivity contribution in [2.24, 2.45) is 0 Å². The zero-order valence-corrected chi connectivity index (χ0v) is 9.48. The first-order chi connectivity index (χ1) is 7.65. The summed E-state index contributed by atoms with van der Waals surface area (Å²) in [7, 11) is 0. The Kier molecular flexibility index (Phi) is 3.01. The van der Waals surface area contributed by atoms with Crippen molar-refractivity contribution < 1.29 is 0 Å². The minimum absolute atomic E-state index is 0.0447. The second-order valence-electron chi connectivity index (χ2n) is 3.50. The molecule has 4 nitrogen and oxygen atoms in total. The second kappa shape index (κ2) is 4.45. The Morgan fingerprint density at radius 2 is 2.19 bits per heavy atom. The summed E-state index contributed by atoms with van der Waals surface area (Å²) in [4.78, 5) is 19.6. The highest BCUT2D eigenvalue weighted by Crippen LogP contribution is 2.02. The lowest BCUT2D eigenvalue weighted by molar-refractivity contribution is 0.733. The van der Waals surface area contributed by atoms with Gasteiger partial charge in [0.25, 0.3) is 5.56 Å². The third kappa shape index (κ3) is 2.46. The van der Waals surface area contributed by atoms with Crippen LogP contribution in [0.1, 0.15) is 11.3 Å². The third-order valence-electron chi connectivity index (χ3n) is 2.16. The molecule has 0 aromatic carbocycles. The molecule has 0 N–H and O–H groups in total. The summed E-state index contributed by atoms with van der Waals surface area (Å²) in [5, 5.41) is 0.347. The summed E-state index contributed by atoms with van der Waals surface area (Å²) in [5.41, 5.74) is 1.61. The molecule has 5 heteroatoms. The third-order valence-corrected chi connectivity index (χ3v) is 2.35. The molecule has 0 aliphatic rings. The van der Waals surface area contributed by atoms with Crippen molar-refractivity contribution >= 4 is 11.6 Å². The van der Waals surface area contributed by atoms with Crippen LogP contribution in [0.2, 0.25) is 5.15 Å². The van der Waals surface area contributed by atoms with E-state index in [2.05, 4.69) is 9.97 Å². The Balaban J connectivity index is 2.27. The van der Waals surface area contributed by atoms with Gasteiger partial charge in [-0.15, -0.1) is 0 Å². The van der Waals surface area contributed by atoms with Crippen molar-refractivity contribution in [1.82, 2.24) is 14.5 Å². The van der Waals surface area contributed by atoms with E-state index < -0.39 is 0 Å². The fourth-order valence-corrected chi connectivity index (χ4v) is 1.43. The Morgan fingerprint density at radius 1 is 1.38 bits per heavy atom. The van der Waals surface area contributed by atoms with Gasteiger partial charge in [0.05, 0.1) is 24.6 Å². The van der Waals surface area contributed by atoms with Crippen LogP contribution in [0.15, 0.2) is 35.5 Å². The number of rotatable bonds is 2. The van der Waals surface area contributed by atoms with Crippen molar-refractivity contribution in [3.63, 3.8) is 0 Å². The summed E-state index contributed by atoms with van der Waals surface area (Å²) in [5.74, 6) is 0. The van der Waals surface area contributed by atoms with Crippen molar-refractivity contribution in [3.05, 3.63) is 57.5 Å². The zero-order chi connectivity index (χ0) is 11.5. The molecule has 16 heavy (non-hydrogen) atoms. The van der Waals surface area contributed by atoms with Gasteiger partial charge in [-0.2, -0.15) is 0 Å². The van der Waals surface area contributed by atoms with Crippen LogP contribution < -0.4 is 5.56 Å². The van der Waals surface area contributed by atoms with E-state index in [9.17, 15) is 4.79 Å². The van der Waals surface area contributed by atoms with Gasteiger partial charge in [0.15, 0.2) is 0 Å². The van der Waals surface area contributed by atoms with E-state index >= 15 is 0 Å². The Bertz CT molecular complexity index is 548. The highest BCUT2D eigenvalue weighted by atomic mass is 35.5. The summed E-state index contributed by atoms with van der Waals surface area (Å²) in [6.07, 6.45) is 4.78. The van der Waals surface area contributed by atoms with E-state index in [0.29, 0.717) is 17.4 Å². The highest BCUT2D eigenvalue weighted by Gasteiger charge is 2.00. The number of aromatic nitrogens is 3. The fraction of sp³-hybridized carbons (Fsp3) is 0.182. The van der Waals surface area contributed by atoms with Crippen molar-refractivity contribution in [1.29, 1.82) is 0 Å². The van der Waals surface area contributed by atoms with Crippen LogP contribution in [0, 0.1) is 6.92 Å². The molecule has 82 valence electrons. The molecular formula is C11H10ClN3O. The molecular weight excluding hydrogens is 226 g/mol. The number of halogens is 1. The Morgan fingerprint density at radius 3 is 2.81 bits per heavy atom. The second-order valence-corrected chi connectivity index (χ2v) is 3.89. The van der Waals surface area contributed by atoms with E-state index in [1.165, 1.54) is 6.20 Å². The van der Waals surface area contributed by atoms with E-state index in [0.717, 1.165) is 5.56 Å². The van der Waals surface area contributed by atoms with Crippen LogP contribution in [0.3, 0.4) is 0 Å². The van der Waals surface area contributed by atoms with Gasteiger partial charge in [-0.05, 0) is 18.6 Å². The first-order valence-electron chi connectivity index (χ1n) is 4.79. The molecule has 0 aliphatic heterocycles. The summed E-state index contributed by atoms with van der Waals surface area (Å²) in [6.45, 7) is 2.29. The van der Waals surface area contributed by atoms with Crippen LogP contribution in [-0.2, 0) is 6.54 Å². The smallest absolute Gasteiger partial charge is 0.251 e. The molecule has 0 amide bonds. The van der Waals surface area contributed by atoms with Gasteiger partial charge < -0.3 is 4.57 Å². The molecule has 0 aliphatic carbocycles. The summed E-state index contributed by atoms with van der Waals surface area (Å²) >= 11 is 5.62. The maximum atomic E-state index is 11.6. The van der Waals surface area contributed by atoms with E-state index in [1.54, 1.807) is 23.0 Å². The van der Waals surface area contributed by atoms with E-state index in [4.69, 9.17) is 11.6 Å². The average molecular weight is 236 g/mol.